The molecular formula is C15H16N4. The molecule has 0 bridgehead atoms. The summed E-state index contributed by atoms with van der Waals surface area (Å²) < 4.78 is 0. The molecule has 0 unspecified atom stereocenters. The average Bonchev–Trinajstić information content (AvgIpc) is 2.37. The Labute approximate surface area is 113 Å². The summed E-state index contributed by atoms with van der Waals surface area (Å²) in [6, 6.07) is 11.8. The van der Waals surface area contributed by atoms with Crippen LogP contribution in [0.5, 0.6) is 0 Å². The van der Waals surface area contributed by atoms with Crippen molar-refractivity contribution < 1.29 is 0 Å². The fraction of sp³-hybridized carbons (Fsp3) is 0.200. The molecule has 4 nitrogen and oxygen atoms in total. The molecule has 0 amide bonds. The van der Waals surface area contributed by atoms with Gasteiger partial charge in [0.15, 0.2) is 5.69 Å². The van der Waals surface area contributed by atoms with Crippen molar-refractivity contribution in [3.63, 3.8) is 0 Å². The van der Waals surface area contributed by atoms with E-state index in [-0.39, 0.29) is 5.69 Å². The number of benzene rings is 1. The number of nitrogen functional groups attached to an aromatic ring is 1. The van der Waals surface area contributed by atoms with Gasteiger partial charge in [-0.25, -0.2) is 4.98 Å². The summed E-state index contributed by atoms with van der Waals surface area (Å²) in [5, 5.41) is 8.97. The number of nitrogens with two attached hydrogens (primary N) is 1. The summed E-state index contributed by atoms with van der Waals surface area (Å²) in [6.45, 7) is 4.11. The first-order valence-electron chi connectivity index (χ1n) is 6.00. The lowest BCUT2D eigenvalue weighted by Crippen LogP contribution is -2.12. The maximum atomic E-state index is 8.97. The zero-order valence-corrected chi connectivity index (χ0v) is 11.3. The summed E-state index contributed by atoms with van der Waals surface area (Å²) in [5.41, 5.74) is 9.77. The Morgan fingerprint density at radius 2 is 1.79 bits per heavy atom. The fourth-order valence-corrected chi connectivity index (χ4v) is 2.01. The van der Waals surface area contributed by atoms with E-state index >= 15 is 0 Å². The number of aromatic nitrogens is 1. The van der Waals surface area contributed by atoms with Crippen LogP contribution in [-0.4, -0.2) is 12.0 Å². The van der Waals surface area contributed by atoms with Crippen LogP contribution in [0.15, 0.2) is 30.3 Å². The van der Waals surface area contributed by atoms with Crippen molar-refractivity contribution in [2.24, 2.45) is 0 Å². The Bertz CT molecular complexity index is 635. The Morgan fingerprint density at radius 1 is 1.16 bits per heavy atom. The monoisotopic (exact) mass is 252 g/mol. The third-order valence-corrected chi connectivity index (χ3v) is 2.96. The molecule has 0 aliphatic heterocycles. The summed E-state index contributed by atoms with van der Waals surface area (Å²) in [4.78, 5) is 6.21. The van der Waals surface area contributed by atoms with E-state index in [1.54, 1.807) is 6.07 Å². The molecule has 2 aromatic rings. The van der Waals surface area contributed by atoms with E-state index in [9.17, 15) is 0 Å². The highest BCUT2D eigenvalue weighted by molar-refractivity contribution is 5.64. The minimum absolute atomic E-state index is 0.258. The Kier molecular flexibility index (Phi) is 3.39. The van der Waals surface area contributed by atoms with Crippen LogP contribution in [0.25, 0.3) is 0 Å². The van der Waals surface area contributed by atoms with Crippen LogP contribution in [0.3, 0.4) is 0 Å². The Hall–Kier alpha value is -2.54. The molecule has 0 aliphatic carbocycles. The van der Waals surface area contributed by atoms with Gasteiger partial charge in [0.1, 0.15) is 11.9 Å². The lowest BCUT2D eigenvalue weighted by molar-refractivity contribution is 1.11. The molecule has 0 fully saturated rings. The number of rotatable bonds is 2. The first kappa shape index (κ1) is 12.9. The zero-order valence-electron chi connectivity index (χ0n) is 11.3. The first-order valence-corrected chi connectivity index (χ1v) is 6.00. The van der Waals surface area contributed by atoms with Crippen molar-refractivity contribution in [2.75, 3.05) is 17.7 Å². The van der Waals surface area contributed by atoms with Crippen molar-refractivity contribution >= 4 is 17.2 Å². The van der Waals surface area contributed by atoms with Crippen LogP contribution in [0.4, 0.5) is 17.2 Å². The quantitative estimate of drug-likeness (QED) is 0.892. The fourth-order valence-electron chi connectivity index (χ4n) is 2.01. The standard InChI is InChI=1S/C15H16N4/c1-10-6-11(2)8-12(7-10)19(3)15-5-4-13(17)14(9-16)18-15/h4-8H,17H2,1-3H3. The lowest BCUT2D eigenvalue weighted by atomic mass is 10.1. The molecule has 2 rings (SSSR count). The molecule has 0 saturated carbocycles. The van der Waals surface area contributed by atoms with Crippen molar-refractivity contribution in [2.45, 2.75) is 13.8 Å². The maximum Gasteiger partial charge on any atom is 0.165 e. The van der Waals surface area contributed by atoms with Crippen molar-refractivity contribution in [1.82, 2.24) is 4.98 Å². The Balaban J connectivity index is 2.44. The second kappa shape index (κ2) is 4.99. The number of nitrogens with zero attached hydrogens (tertiary/aromatic N) is 3. The summed E-state index contributed by atoms with van der Waals surface area (Å²) in [5.74, 6) is 0.704. The lowest BCUT2D eigenvalue weighted by Gasteiger charge is -2.20. The maximum absolute atomic E-state index is 8.97. The van der Waals surface area contributed by atoms with Gasteiger partial charge in [0, 0.05) is 12.7 Å². The topological polar surface area (TPSA) is 65.9 Å². The minimum atomic E-state index is 0.258. The SMILES string of the molecule is Cc1cc(C)cc(N(C)c2ccc(N)c(C#N)n2)c1. The van der Waals surface area contributed by atoms with Crippen molar-refractivity contribution in [3.05, 3.63) is 47.2 Å². The van der Waals surface area contributed by atoms with Gasteiger partial charge < -0.3 is 10.6 Å². The summed E-state index contributed by atoms with van der Waals surface area (Å²) in [6.07, 6.45) is 0. The number of pyridine rings is 1. The molecule has 0 saturated heterocycles. The van der Waals surface area contributed by atoms with Crippen LogP contribution in [-0.2, 0) is 0 Å². The average molecular weight is 252 g/mol. The van der Waals surface area contributed by atoms with E-state index in [1.807, 2.05) is 24.1 Å². The number of anilines is 3. The van der Waals surface area contributed by atoms with Crippen LogP contribution >= 0.6 is 0 Å². The third kappa shape index (κ3) is 2.66. The number of hydrogen-bond acceptors (Lipinski definition) is 4. The van der Waals surface area contributed by atoms with Gasteiger partial charge in [-0.15, -0.1) is 0 Å². The van der Waals surface area contributed by atoms with Crippen LogP contribution < -0.4 is 10.6 Å². The van der Waals surface area contributed by atoms with Gasteiger partial charge in [-0.2, -0.15) is 5.26 Å². The third-order valence-electron chi connectivity index (χ3n) is 2.96. The van der Waals surface area contributed by atoms with Crippen molar-refractivity contribution in [1.29, 1.82) is 5.26 Å². The second-order valence-electron chi connectivity index (χ2n) is 4.62. The molecule has 1 aromatic carbocycles. The molecule has 96 valence electrons. The largest absolute Gasteiger partial charge is 0.396 e. The van der Waals surface area contributed by atoms with Gasteiger partial charge in [-0.3, -0.25) is 0 Å². The predicted octanol–water partition coefficient (Wildman–Crippen LogP) is 2.92. The van der Waals surface area contributed by atoms with Crippen LogP contribution in [0.2, 0.25) is 0 Å². The Morgan fingerprint density at radius 3 is 2.37 bits per heavy atom. The van der Waals surface area contributed by atoms with Gasteiger partial charge in [0.2, 0.25) is 0 Å². The molecule has 1 aromatic heterocycles. The van der Waals surface area contributed by atoms with E-state index in [0.29, 0.717) is 11.5 Å². The van der Waals surface area contributed by atoms with Crippen LogP contribution in [0.1, 0.15) is 16.8 Å². The summed E-state index contributed by atoms with van der Waals surface area (Å²) in [7, 11) is 1.92. The van der Waals surface area contributed by atoms with Gasteiger partial charge in [-0.05, 0) is 49.2 Å². The minimum Gasteiger partial charge on any atom is -0.396 e. The zero-order chi connectivity index (χ0) is 14.0. The van der Waals surface area contributed by atoms with E-state index in [2.05, 4.69) is 37.0 Å². The van der Waals surface area contributed by atoms with Gasteiger partial charge >= 0.3 is 0 Å². The van der Waals surface area contributed by atoms with Gasteiger partial charge in [0.05, 0.1) is 5.69 Å². The molecule has 2 N–H and O–H groups in total. The summed E-state index contributed by atoms with van der Waals surface area (Å²) >= 11 is 0. The van der Waals surface area contributed by atoms with E-state index in [0.717, 1.165) is 5.69 Å². The number of hydrogen-bond donors (Lipinski definition) is 1. The molecule has 4 heteroatoms. The van der Waals surface area contributed by atoms with Crippen LogP contribution in [0, 0.1) is 25.2 Å². The second-order valence-corrected chi connectivity index (χ2v) is 4.62. The van der Waals surface area contributed by atoms with E-state index in [4.69, 9.17) is 11.0 Å². The molecule has 0 spiro atoms. The number of aryl methyl sites for hydroxylation is 2. The van der Waals surface area contributed by atoms with E-state index in [1.165, 1.54) is 11.1 Å². The first-order chi connectivity index (χ1) is 9.01. The predicted molar refractivity (Wildman–Crippen MR) is 77.3 cm³/mol. The van der Waals surface area contributed by atoms with Gasteiger partial charge in [0.25, 0.3) is 0 Å². The van der Waals surface area contributed by atoms with E-state index < -0.39 is 0 Å². The molecule has 0 radical (unpaired) electrons. The highest BCUT2D eigenvalue weighted by Gasteiger charge is 2.09. The molecule has 0 aliphatic rings. The highest BCUT2D eigenvalue weighted by Crippen LogP contribution is 2.25. The highest BCUT2D eigenvalue weighted by atomic mass is 15.2. The van der Waals surface area contributed by atoms with Crippen molar-refractivity contribution in [3.8, 4) is 6.07 Å². The molecule has 19 heavy (non-hydrogen) atoms. The molecule has 1 heterocycles. The number of nitriles is 1. The van der Waals surface area contributed by atoms with Gasteiger partial charge in [-0.1, -0.05) is 6.07 Å². The smallest absolute Gasteiger partial charge is 0.165 e. The molecular weight excluding hydrogens is 236 g/mol. The molecule has 0 atom stereocenters. The normalized spacial score (nSPS) is 10.0.